The highest BCUT2D eigenvalue weighted by Gasteiger charge is 2.19. The Balaban J connectivity index is 1.72. The number of imidazole rings is 1. The fourth-order valence-corrected chi connectivity index (χ4v) is 3.82. The largest absolute Gasteiger partial charge is 0.348 e. The molecule has 0 amide bonds. The maximum atomic E-state index is 12.8. The van der Waals surface area contributed by atoms with Gasteiger partial charge in [-0.25, -0.2) is 4.98 Å². The van der Waals surface area contributed by atoms with Crippen LogP contribution in [-0.4, -0.2) is 25.7 Å². The topological polar surface area (TPSA) is 111 Å². The first kappa shape index (κ1) is 23.4. The zero-order chi connectivity index (χ0) is 24.5. The third kappa shape index (κ3) is 5.07. The van der Waals surface area contributed by atoms with Crippen molar-refractivity contribution in [2.75, 3.05) is 0 Å². The summed E-state index contributed by atoms with van der Waals surface area (Å²) in [5.41, 5.74) is 1.98. The van der Waals surface area contributed by atoms with Gasteiger partial charge in [0.1, 0.15) is 10.7 Å². The molecule has 2 aromatic carbocycles. The molecule has 4 rings (SSSR count). The van der Waals surface area contributed by atoms with Gasteiger partial charge in [-0.15, -0.1) is 0 Å². The monoisotopic (exact) mass is 518 g/mol. The fourth-order valence-electron chi connectivity index (χ4n) is 3.55. The van der Waals surface area contributed by atoms with Crippen LogP contribution in [0.3, 0.4) is 0 Å². The lowest BCUT2D eigenvalue weighted by atomic mass is 9.90. The lowest BCUT2D eigenvalue weighted by Crippen LogP contribution is -2.46. The van der Waals surface area contributed by atoms with Crippen molar-refractivity contribution >= 4 is 33.9 Å². The molecule has 8 heteroatoms. The molecule has 0 bridgehead atoms. The lowest BCUT2D eigenvalue weighted by Gasteiger charge is -2.16. The summed E-state index contributed by atoms with van der Waals surface area (Å²) < 4.78 is 0.886. The van der Waals surface area contributed by atoms with E-state index in [9.17, 15) is 14.4 Å². The van der Waals surface area contributed by atoms with Crippen LogP contribution in [0.1, 0.15) is 53.6 Å². The average Bonchev–Trinajstić information content (AvgIpc) is 3.26. The van der Waals surface area contributed by atoms with Crippen molar-refractivity contribution < 1.29 is 4.79 Å². The second-order valence-corrected chi connectivity index (χ2v) is 9.81. The van der Waals surface area contributed by atoms with Gasteiger partial charge in [-0.05, 0) is 48.0 Å². The molecule has 0 aliphatic heterocycles. The number of benzene rings is 2. The Morgan fingerprint density at radius 1 is 0.912 bits per heavy atom. The van der Waals surface area contributed by atoms with Crippen LogP contribution in [0.15, 0.2) is 68.9 Å². The van der Waals surface area contributed by atoms with E-state index in [1.165, 1.54) is 6.08 Å². The first-order valence-corrected chi connectivity index (χ1v) is 11.4. The van der Waals surface area contributed by atoms with E-state index in [1.807, 2.05) is 20.8 Å². The normalized spacial score (nSPS) is 12.8. The predicted octanol–water partition coefficient (Wildman–Crippen LogP) is 2.73. The quantitative estimate of drug-likeness (QED) is 0.360. The molecule has 34 heavy (non-hydrogen) atoms. The minimum Gasteiger partial charge on any atom is -0.348 e. The molecule has 0 fully saturated rings. The number of H-pyrrole nitrogens is 3. The summed E-state index contributed by atoms with van der Waals surface area (Å²) in [5.74, 6) is -0.135. The summed E-state index contributed by atoms with van der Waals surface area (Å²) in [4.78, 5) is 50.8. The van der Waals surface area contributed by atoms with Gasteiger partial charge in [0.25, 0.3) is 11.1 Å². The smallest absolute Gasteiger partial charge is 0.272 e. The lowest BCUT2D eigenvalue weighted by molar-refractivity contribution is 0.103. The number of aromatic nitrogens is 4. The molecule has 172 valence electrons. The van der Waals surface area contributed by atoms with Gasteiger partial charge in [-0.2, -0.15) is 0 Å². The molecule has 2 aromatic heterocycles. The second-order valence-electron chi connectivity index (χ2n) is 8.90. The maximum absolute atomic E-state index is 12.8. The van der Waals surface area contributed by atoms with Crippen LogP contribution in [0, 0.1) is 0 Å². The Hall–Kier alpha value is -3.78. The first-order chi connectivity index (χ1) is 16.1. The number of nitrogens with one attached hydrogen (secondary N) is 3. The van der Waals surface area contributed by atoms with Crippen LogP contribution in [0.4, 0.5) is 0 Å². The molecule has 7 nitrogen and oxygen atoms in total. The zero-order valence-electron chi connectivity index (χ0n) is 18.9. The van der Waals surface area contributed by atoms with Gasteiger partial charge in [0, 0.05) is 26.7 Å². The van der Waals surface area contributed by atoms with E-state index in [4.69, 9.17) is 0 Å². The van der Waals surface area contributed by atoms with Crippen molar-refractivity contribution in [3.05, 3.63) is 119 Å². The standard InChI is InChI=1S/C26H23BrN4O3/c1-26(2,3)23-19(28-14-29-23)13-21-25(34)30-20(24(33)31-21)12-15-5-4-6-17(11-15)22(32)16-7-9-18(27)10-8-16/h4-14H,1-3H3,(H,28,29)(H,30,34)(H,31,33)/b20-12-,21-13-. The molecule has 2 heterocycles. The minimum atomic E-state index is -0.455. The third-order valence-corrected chi connectivity index (χ3v) is 5.78. The van der Waals surface area contributed by atoms with E-state index in [1.54, 1.807) is 60.9 Å². The van der Waals surface area contributed by atoms with Crippen molar-refractivity contribution in [2.45, 2.75) is 26.2 Å². The predicted molar refractivity (Wildman–Crippen MR) is 135 cm³/mol. The van der Waals surface area contributed by atoms with Crippen LogP contribution in [0.25, 0.3) is 12.2 Å². The number of aromatic amines is 3. The Bertz CT molecular complexity index is 1600. The molecule has 0 saturated heterocycles. The molecule has 0 saturated carbocycles. The van der Waals surface area contributed by atoms with E-state index < -0.39 is 11.1 Å². The number of carbonyl (C=O) groups is 1. The highest BCUT2D eigenvalue weighted by Crippen LogP contribution is 2.22. The zero-order valence-corrected chi connectivity index (χ0v) is 20.5. The summed E-state index contributed by atoms with van der Waals surface area (Å²) in [6.45, 7) is 6.08. The molecule has 0 unspecified atom stereocenters. The van der Waals surface area contributed by atoms with Crippen LogP contribution in [0.5, 0.6) is 0 Å². The number of halogens is 1. The molecule has 3 N–H and O–H groups in total. The van der Waals surface area contributed by atoms with E-state index in [2.05, 4.69) is 35.9 Å². The maximum Gasteiger partial charge on any atom is 0.272 e. The number of nitrogens with zero attached hydrogens (tertiary/aromatic N) is 1. The van der Waals surface area contributed by atoms with Gasteiger partial charge in [0.05, 0.1) is 12.0 Å². The Labute approximate surface area is 203 Å². The Morgan fingerprint density at radius 2 is 1.56 bits per heavy atom. The van der Waals surface area contributed by atoms with Gasteiger partial charge in [-0.3, -0.25) is 14.4 Å². The summed E-state index contributed by atoms with van der Waals surface area (Å²) in [6.07, 6.45) is 4.65. The van der Waals surface area contributed by atoms with Gasteiger partial charge in [0.15, 0.2) is 5.78 Å². The number of rotatable bonds is 4. The third-order valence-electron chi connectivity index (χ3n) is 5.25. The van der Waals surface area contributed by atoms with E-state index >= 15 is 0 Å². The molecule has 0 radical (unpaired) electrons. The Morgan fingerprint density at radius 3 is 2.21 bits per heavy atom. The van der Waals surface area contributed by atoms with Crippen LogP contribution >= 0.6 is 15.9 Å². The first-order valence-electron chi connectivity index (χ1n) is 10.6. The van der Waals surface area contributed by atoms with Crippen molar-refractivity contribution in [3.63, 3.8) is 0 Å². The van der Waals surface area contributed by atoms with Gasteiger partial charge in [0.2, 0.25) is 0 Å². The SMILES string of the molecule is CC(C)(C)c1[nH]cnc1/C=c1\[nH]c(=O)/c(=C/c2cccc(C(=O)c3ccc(Br)cc3)c2)[nH]c1=O. The van der Waals surface area contributed by atoms with Crippen molar-refractivity contribution in [2.24, 2.45) is 0 Å². The number of hydrogen-bond acceptors (Lipinski definition) is 4. The summed E-state index contributed by atoms with van der Waals surface area (Å²) >= 11 is 3.36. The highest BCUT2D eigenvalue weighted by molar-refractivity contribution is 9.10. The van der Waals surface area contributed by atoms with Crippen molar-refractivity contribution in [1.82, 2.24) is 19.9 Å². The van der Waals surface area contributed by atoms with Gasteiger partial charge < -0.3 is 15.0 Å². The summed E-state index contributed by atoms with van der Waals surface area (Å²) in [6, 6.07) is 14.0. The number of hydrogen-bond donors (Lipinski definition) is 3. The van der Waals surface area contributed by atoms with Crippen molar-refractivity contribution in [1.29, 1.82) is 0 Å². The molecule has 0 atom stereocenters. The van der Waals surface area contributed by atoms with E-state index in [0.29, 0.717) is 22.4 Å². The summed E-state index contributed by atoms with van der Waals surface area (Å²) in [5, 5.41) is 0.201. The molecular formula is C26H23BrN4O3. The van der Waals surface area contributed by atoms with Gasteiger partial charge in [-0.1, -0.05) is 54.9 Å². The van der Waals surface area contributed by atoms with Crippen LogP contribution in [0.2, 0.25) is 0 Å². The molecular weight excluding hydrogens is 496 g/mol. The number of ketones is 1. The average molecular weight is 519 g/mol. The van der Waals surface area contributed by atoms with E-state index in [0.717, 1.165) is 10.2 Å². The fraction of sp³-hybridized carbons (Fsp3) is 0.154. The van der Waals surface area contributed by atoms with Crippen LogP contribution < -0.4 is 21.8 Å². The van der Waals surface area contributed by atoms with Crippen molar-refractivity contribution in [3.8, 4) is 0 Å². The minimum absolute atomic E-state index is 0.0912. The Kier molecular flexibility index (Phi) is 6.34. The molecule has 4 aromatic rings. The molecule has 0 aliphatic rings. The molecule has 0 spiro atoms. The van der Waals surface area contributed by atoms with E-state index in [-0.39, 0.29) is 21.9 Å². The summed E-state index contributed by atoms with van der Waals surface area (Å²) in [7, 11) is 0. The van der Waals surface area contributed by atoms with Crippen LogP contribution in [-0.2, 0) is 5.41 Å². The highest BCUT2D eigenvalue weighted by atomic mass is 79.9. The number of carbonyl (C=O) groups excluding carboxylic acids is 1. The second kappa shape index (κ2) is 9.23. The van der Waals surface area contributed by atoms with Gasteiger partial charge >= 0.3 is 0 Å². The molecule has 0 aliphatic carbocycles.